The fourth-order valence-corrected chi connectivity index (χ4v) is 0.208. The van der Waals surface area contributed by atoms with Crippen LogP contribution in [0.2, 0.25) is 0 Å². The van der Waals surface area contributed by atoms with E-state index in [9.17, 15) is 0 Å². The zero-order valence-electron chi connectivity index (χ0n) is 3.83. The molecule has 0 aliphatic carbocycles. The van der Waals surface area contributed by atoms with Gasteiger partial charge in [0.15, 0.2) is 6.79 Å². The zero-order valence-corrected chi connectivity index (χ0v) is 4.73. The van der Waals surface area contributed by atoms with Crippen LogP contribution in [0.15, 0.2) is 0 Å². The highest BCUT2D eigenvalue weighted by Crippen LogP contribution is 1.77. The lowest BCUT2D eigenvalue weighted by atomic mass is 11.3. The van der Waals surface area contributed by atoms with Crippen LogP contribution in [0.5, 0.6) is 0 Å². The van der Waals surface area contributed by atoms with Gasteiger partial charge in [-0.05, 0) is 0 Å². The standard InChI is InChI=1S/C3H8O3S/c4-1-5-2-6-3-7/h4,7H,1-3H2. The Morgan fingerprint density at radius 1 is 1.43 bits per heavy atom. The zero-order chi connectivity index (χ0) is 5.54. The number of thiol groups is 1. The molecule has 0 bridgehead atoms. The van der Waals surface area contributed by atoms with Crippen LogP contribution in [0.1, 0.15) is 0 Å². The molecule has 0 spiro atoms. The van der Waals surface area contributed by atoms with Crippen LogP contribution >= 0.6 is 12.6 Å². The molecule has 4 heteroatoms. The maximum Gasteiger partial charge on any atom is 0.150 e. The molecule has 1 N–H and O–H groups in total. The van der Waals surface area contributed by atoms with Gasteiger partial charge in [0.05, 0.1) is 5.94 Å². The first-order chi connectivity index (χ1) is 3.41. The summed E-state index contributed by atoms with van der Waals surface area (Å²) in [5.41, 5.74) is 0. The highest BCUT2D eigenvalue weighted by molar-refractivity contribution is 7.80. The molecule has 7 heavy (non-hydrogen) atoms. The summed E-state index contributed by atoms with van der Waals surface area (Å²) in [5.74, 6) is 0.319. The molecule has 0 aliphatic heterocycles. The largest absolute Gasteiger partial charge is 0.371 e. The van der Waals surface area contributed by atoms with Gasteiger partial charge in [-0.15, -0.1) is 0 Å². The first kappa shape index (κ1) is 7.23. The first-order valence-corrected chi connectivity index (χ1v) is 2.42. The molecule has 0 amide bonds. The third kappa shape index (κ3) is 6.23. The number of hydrogen-bond acceptors (Lipinski definition) is 4. The van der Waals surface area contributed by atoms with E-state index < -0.39 is 0 Å². The van der Waals surface area contributed by atoms with Crippen LogP contribution in [0.4, 0.5) is 0 Å². The fourth-order valence-electron chi connectivity index (χ4n) is 0.133. The van der Waals surface area contributed by atoms with Gasteiger partial charge >= 0.3 is 0 Å². The SMILES string of the molecule is OCOCOCS. The Hall–Kier alpha value is 0.230. The summed E-state index contributed by atoms with van der Waals surface area (Å²) in [5, 5.41) is 7.97. The molecular weight excluding hydrogens is 116 g/mol. The molecule has 0 fully saturated rings. The average molecular weight is 124 g/mol. The van der Waals surface area contributed by atoms with Crippen molar-refractivity contribution in [2.75, 3.05) is 19.5 Å². The van der Waals surface area contributed by atoms with Crippen LogP contribution in [0.3, 0.4) is 0 Å². The van der Waals surface area contributed by atoms with E-state index in [4.69, 9.17) is 5.11 Å². The van der Waals surface area contributed by atoms with E-state index in [1.54, 1.807) is 0 Å². The highest BCUT2D eigenvalue weighted by Gasteiger charge is 1.77. The second-order valence-corrected chi connectivity index (χ2v) is 1.04. The van der Waals surface area contributed by atoms with Crippen molar-refractivity contribution in [1.29, 1.82) is 0 Å². The van der Waals surface area contributed by atoms with Gasteiger partial charge in [-0.25, -0.2) is 0 Å². The van der Waals surface area contributed by atoms with E-state index in [1.165, 1.54) is 0 Å². The minimum absolute atomic E-state index is 0.111. The van der Waals surface area contributed by atoms with Crippen LogP contribution in [0, 0.1) is 0 Å². The minimum atomic E-state index is -0.298. The van der Waals surface area contributed by atoms with Gasteiger partial charge < -0.3 is 14.6 Å². The molecule has 0 aromatic heterocycles. The van der Waals surface area contributed by atoms with E-state index in [2.05, 4.69) is 22.1 Å². The van der Waals surface area contributed by atoms with E-state index in [0.717, 1.165) is 0 Å². The summed E-state index contributed by atoms with van der Waals surface area (Å²) in [6, 6.07) is 0. The lowest BCUT2D eigenvalue weighted by molar-refractivity contribution is -0.0966. The molecule has 0 aromatic rings. The number of hydrogen-bond donors (Lipinski definition) is 2. The predicted octanol–water partition coefficient (Wildman–Crippen LogP) is -0.186. The highest BCUT2D eigenvalue weighted by atomic mass is 32.1. The van der Waals surface area contributed by atoms with Crippen LogP contribution in [-0.4, -0.2) is 24.6 Å². The van der Waals surface area contributed by atoms with Crippen LogP contribution in [-0.2, 0) is 9.47 Å². The van der Waals surface area contributed by atoms with Gasteiger partial charge in [-0.2, -0.15) is 12.6 Å². The van der Waals surface area contributed by atoms with Gasteiger partial charge in [0.1, 0.15) is 6.79 Å². The Balaban J connectivity index is 2.45. The Morgan fingerprint density at radius 2 is 2.14 bits per heavy atom. The van der Waals surface area contributed by atoms with E-state index >= 15 is 0 Å². The van der Waals surface area contributed by atoms with E-state index in [-0.39, 0.29) is 13.6 Å². The summed E-state index contributed by atoms with van der Waals surface area (Å²) in [4.78, 5) is 0. The number of ether oxygens (including phenoxy) is 2. The average Bonchev–Trinajstić information content (AvgIpc) is 1.69. The van der Waals surface area contributed by atoms with Gasteiger partial charge in [-0.1, -0.05) is 0 Å². The van der Waals surface area contributed by atoms with Crippen molar-refractivity contribution >= 4 is 12.6 Å². The summed E-state index contributed by atoms with van der Waals surface area (Å²) in [7, 11) is 0. The Morgan fingerprint density at radius 3 is 2.57 bits per heavy atom. The molecule has 0 saturated carbocycles. The molecule has 0 saturated heterocycles. The fraction of sp³-hybridized carbons (Fsp3) is 1.00. The summed E-state index contributed by atoms with van der Waals surface area (Å²) in [6.45, 7) is -0.187. The molecule has 0 aromatic carbocycles. The molecule has 0 atom stereocenters. The Bertz CT molecular complexity index is 29.4. The van der Waals surface area contributed by atoms with E-state index in [0.29, 0.717) is 5.94 Å². The third-order valence-electron chi connectivity index (χ3n) is 0.349. The predicted molar refractivity (Wildman–Crippen MR) is 28.0 cm³/mol. The monoisotopic (exact) mass is 124 g/mol. The van der Waals surface area contributed by atoms with Crippen molar-refractivity contribution in [3.8, 4) is 0 Å². The maximum atomic E-state index is 7.97. The number of rotatable bonds is 4. The van der Waals surface area contributed by atoms with Crippen LogP contribution < -0.4 is 0 Å². The number of aliphatic hydroxyl groups excluding tert-OH is 1. The maximum absolute atomic E-state index is 7.97. The molecule has 0 rings (SSSR count). The summed E-state index contributed by atoms with van der Waals surface area (Å²) in [6.07, 6.45) is 0. The van der Waals surface area contributed by atoms with Gasteiger partial charge in [0.25, 0.3) is 0 Å². The smallest absolute Gasteiger partial charge is 0.150 e. The second-order valence-electron chi connectivity index (χ2n) is 0.784. The minimum Gasteiger partial charge on any atom is -0.371 e. The normalized spacial score (nSPS) is 9.43. The van der Waals surface area contributed by atoms with Gasteiger partial charge in [-0.3, -0.25) is 0 Å². The molecule has 0 unspecified atom stereocenters. The van der Waals surface area contributed by atoms with Crippen molar-refractivity contribution in [3.05, 3.63) is 0 Å². The number of aliphatic hydroxyl groups is 1. The third-order valence-corrected chi connectivity index (χ3v) is 0.532. The van der Waals surface area contributed by atoms with Gasteiger partial charge in [0.2, 0.25) is 0 Å². The Kier molecular flexibility index (Phi) is 6.43. The van der Waals surface area contributed by atoms with Crippen molar-refractivity contribution in [1.82, 2.24) is 0 Å². The van der Waals surface area contributed by atoms with Crippen molar-refractivity contribution in [2.45, 2.75) is 0 Å². The quantitative estimate of drug-likeness (QED) is 0.310. The lowest BCUT2D eigenvalue weighted by Gasteiger charge is -1.96. The summed E-state index contributed by atoms with van der Waals surface area (Å²) >= 11 is 3.71. The summed E-state index contributed by atoms with van der Waals surface area (Å²) < 4.78 is 8.91. The van der Waals surface area contributed by atoms with E-state index in [1.807, 2.05) is 0 Å². The molecule has 0 heterocycles. The molecule has 44 valence electrons. The first-order valence-electron chi connectivity index (χ1n) is 1.79. The molecule has 0 radical (unpaired) electrons. The van der Waals surface area contributed by atoms with Crippen molar-refractivity contribution in [3.63, 3.8) is 0 Å². The van der Waals surface area contributed by atoms with Crippen molar-refractivity contribution < 1.29 is 14.6 Å². The molecule has 3 nitrogen and oxygen atoms in total. The molecular formula is C3H8O3S. The molecule has 0 aliphatic rings. The van der Waals surface area contributed by atoms with Crippen molar-refractivity contribution in [2.24, 2.45) is 0 Å². The lowest BCUT2D eigenvalue weighted by Crippen LogP contribution is -1.98. The Labute approximate surface area is 47.6 Å². The topological polar surface area (TPSA) is 38.7 Å². The van der Waals surface area contributed by atoms with Gasteiger partial charge in [0, 0.05) is 0 Å². The van der Waals surface area contributed by atoms with Crippen LogP contribution in [0.25, 0.3) is 0 Å². The second kappa shape index (κ2) is 6.23.